The van der Waals surface area contributed by atoms with Crippen LogP contribution in [0.5, 0.6) is 0 Å². The predicted octanol–water partition coefficient (Wildman–Crippen LogP) is 3.64. The van der Waals surface area contributed by atoms with Gasteiger partial charge in [-0.3, -0.25) is 9.59 Å². The number of rotatable bonds is 6. The minimum Gasteiger partial charge on any atom is -0.348 e. The van der Waals surface area contributed by atoms with Crippen LogP contribution in [0.15, 0.2) is 48.5 Å². The van der Waals surface area contributed by atoms with Crippen molar-refractivity contribution in [3.8, 4) is 0 Å². The Balaban J connectivity index is 0.00000261. The summed E-state index contributed by atoms with van der Waals surface area (Å²) < 4.78 is 0. The molecule has 27 heavy (non-hydrogen) atoms. The molecule has 0 radical (unpaired) electrons. The number of halogens is 1. The highest BCUT2D eigenvalue weighted by atomic mass is 35.5. The van der Waals surface area contributed by atoms with E-state index in [1.807, 2.05) is 62.4 Å². The fourth-order valence-corrected chi connectivity index (χ4v) is 2.76. The van der Waals surface area contributed by atoms with Crippen molar-refractivity contribution < 1.29 is 9.59 Å². The first-order valence-electron chi connectivity index (χ1n) is 8.97. The highest BCUT2D eigenvalue weighted by Crippen LogP contribution is 2.30. The average molecular weight is 388 g/mol. The van der Waals surface area contributed by atoms with Crippen LogP contribution in [0.4, 0.5) is 5.69 Å². The maximum atomic E-state index is 12.4. The second-order valence-corrected chi connectivity index (χ2v) is 7.00. The van der Waals surface area contributed by atoms with Crippen LogP contribution < -0.4 is 16.4 Å². The summed E-state index contributed by atoms with van der Waals surface area (Å²) in [6.45, 7) is 3.91. The van der Waals surface area contributed by atoms with Crippen molar-refractivity contribution in [3.05, 3.63) is 65.2 Å². The predicted molar refractivity (Wildman–Crippen MR) is 110 cm³/mol. The second kappa shape index (κ2) is 9.02. The van der Waals surface area contributed by atoms with Crippen LogP contribution >= 0.6 is 12.4 Å². The number of aryl methyl sites for hydroxylation is 1. The maximum Gasteiger partial charge on any atom is 0.241 e. The number of hydrogen-bond donors (Lipinski definition) is 3. The molecule has 0 bridgehead atoms. The van der Waals surface area contributed by atoms with E-state index in [0.29, 0.717) is 0 Å². The number of benzene rings is 2. The lowest BCUT2D eigenvalue weighted by Crippen LogP contribution is -2.35. The van der Waals surface area contributed by atoms with Gasteiger partial charge in [-0.25, -0.2) is 0 Å². The first kappa shape index (κ1) is 20.9. The Morgan fingerprint density at radius 3 is 2.11 bits per heavy atom. The third-order valence-corrected chi connectivity index (χ3v) is 4.70. The fraction of sp³-hybridized carbons (Fsp3) is 0.333. The quantitative estimate of drug-likeness (QED) is 0.707. The molecule has 2 unspecified atom stereocenters. The molecule has 6 heteroatoms. The van der Waals surface area contributed by atoms with Crippen molar-refractivity contribution in [2.75, 3.05) is 5.32 Å². The van der Waals surface area contributed by atoms with E-state index in [1.54, 1.807) is 0 Å². The first-order valence-corrected chi connectivity index (χ1v) is 8.97. The van der Waals surface area contributed by atoms with Gasteiger partial charge in [0.1, 0.15) is 6.04 Å². The molecule has 144 valence electrons. The lowest BCUT2D eigenvalue weighted by Gasteiger charge is -2.18. The molecular formula is C21H26ClN3O2. The molecule has 2 atom stereocenters. The number of amides is 2. The normalized spacial score (nSPS) is 15.2. The van der Waals surface area contributed by atoms with Gasteiger partial charge in [-0.1, -0.05) is 42.0 Å². The van der Waals surface area contributed by atoms with Gasteiger partial charge < -0.3 is 16.4 Å². The molecule has 2 amide bonds. The smallest absolute Gasteiger partial charge is 0.241 e. The van der Waals surface area contributed by atoms with E-state index in [1.165, 1.54) is 0 Å². The monoisotopic (exact) mass is 387 g/mol. The molecule has 5 nitrogen and oxygen atoms in total. The zero-order chi connectivity index (χ0) is 18.7. The van der Waals surface area contributed by atoms with Gasteiger partial charge in [0.05, 0.1) is 6.04 Å². The van der Waals surface area contributed by atoms with Crippen molar-refractivity contribution in [3.63, 3.8) is 0 Å². The molecule has 0 saturated heterocycles. The molecule has 1 saturated carbocycles. The van der Waals surface area contributed by atoms with Crippen LogP contribution in [-0.2, 0) is 9.59 Å². The van der Waals surface area contributed by atoms with Crippen molar-refractivity contribution in [1.82, 2.24) is 5.32 Å². The fourth-order valence-electron chi connectivity index (χ4n) is 2.76. The molecule has 4 N–H and O–H groups in total. The minimum absolute atomic E-state index is 0. The van der Waals surface area contributed by atoms with E-state index < -0.39 is 6.04 Å². The SMILES string of the molecule is Cc1ccc(C(N)C(=O)NC(C)c2ccc(NC(=O)C3CC3)cc2)cc1.Cl. The van der Waals surface area contributed by atoms with E-state index in [9.17, 15) is 9.59 Å². The van der Waals surface area contributed by atoms with Crippen LogP contribution in [0, 0.1) is 12.8 Å². The molecular weight excluding hydrogens is 362 g/mol. The van der Waals surface area contributed by atoms with Crippen LogP contribution in [0.1, 0.15) is 48.5 Å². The van der Waals surface area contributed by atoms with Crippen LogP contribution in [0.3, 0.4) is 0 Å². The summed E-state index contributed by atoms with van der Waals surface area (Å²) in [6, 6.07) is 14.3. The number of nitrogens with one attached hydrogen (secondary N) is 2. The Bertz CT molecular complexity index is 786. The zero-order valence-corrected chi connectivity index (χ0v) is 16.4. The molecule has 1 aliphatic carbocycles. The standard InChI is InChI=1S/C21H25N3O2.ClH/c1-13-3-5-16(6-4-13)19(22)21(26)23-14(2)15-9-11-18(12-10-15)24-20(25)17-7-8-17;/h3-6,9-12,14,17,19H,7-8,22H2,1-2H3,(H,23,26)(H,24,25);1H. The molecule has 0 aromatic heterocycles. The van der Waals surface area contributed by atoms with Crippen molar-refractivity contribution >= 4 is 29.9 Å². The summed E-state index contributed by atoms with van der Waals surface area (Å²) in [6.07, 6.45) is 1.96. The van der Waals surface area contributed by atoms with Gasteiger partial charge in [-0.15, -0.1) is 12.4 Å². The number of carbonyl (C=O) groups is 2. The number of hydrogen-bond acceptors (Lipinski definition) is 3. The Morgan fingerprint density at radius 1 is 1.00 bits per heavy atom. The largest absolute Gasteiger partial charge is 0.348 e. The van der Waals surface area contributed by atoms with E-state index in [4.69, 9.17) is 5.73 Å². The third kappa shape index (κ3) is 5.55. The molecule has 0 heterocycles. The number of anilines is 1. The Labute approximate surface area is 166 Å². The van der Waals surface area contributed by atoms with Crippen molar-refractivity contribution in [2.45, 2.75) is 38.8 Å². The van der Waals surface area contributed by atoms with Crippen LogP contribution in [0.2, 0.25) is 0 Å². The van der Waals surface area contributed by atoms with Crippen LogP contribution in [0.25, 0.3) is 0 Å². The van der Waals surface area contributed by atoms with Gasteiger partial charge in [0.15, 0.2) is 0 Å². The summed E-state index contributed by atoms with van der Waals surface area (Å²) in [4.78, 5) is 24.2. The number of nitrogens with two attached hydrogens (primary N) is 1. The second-order valence-electron chi connectivity index (χ2n) is 7.00. The molecule has 2 aromatic carbocycles. The van der Waals surface area contributed by atoms with Gasteiger partial charge in [0.25, 0.3) is 0 Å². The highest BCUT2D eigenvalue weighted by Gasteiger charge is 2.29. The summed E-state index contributed by atoms with van der Waals surface area (Å²) in [5.74, 6) is 0.0480. The van der Waals surface area contributed by atoms with Gasteiger partial charge in [-0.2, -0.15) is 0 Å². The lowest BCUT2D eigenvalue weighted by molar-refractivity contribution is -0.123. The third-order valence-electron chi connectivity index (χ3n) is 4.70. The van der Waals surface area contributed by atoms with Crippen molar-refractivity contribution in [2.24, 2.45) is 11.7 Å². The Morgan fingerprint density at radius 2 is 1.56 bits per heavy atom. The summed E-state index contributed by atoms with van der Waals surface area (Å²) in [5, 5.41) is 5.85. The summed E-state index contributed by atoms with van der Waals surface area (Å²) >= 11 is 0. The molecule has 1 fully saturated rings. The Kier molecular flexibility index (Phi) is 6.99. The van der Waals surface area contributed by atoms with Crippen molar-refractivity contribution in [1.29, 1.82) is 0 Å². The van der Waals surface area contributed by atoms with Gasteiger partial charge >= 0.3 is 0 Å². The van der Waals surface area contributed by atoms with Gasteiger partial charge in [-0.05, 0) is 49.9 Å². The minimum atomic E-state index is -0.699. The molecule has 3 rings (SSSR count). The lowest BCUT2D eigenvalue weighted by atomic mass is 10.0. The van der Waals surface area contributed by atoms with E-state index in [0.717, 1.165) is 35.2 Å². The molecule has 0 aliphatic heterocycles. The van der Waals surface area contributed by atoms with Crippen LogP contribution in [-0.4, -0.2) is 11.8 Å². The number of carbonyl (C=O) groups excluding carboxylic acids is 2. The van der Waals surface area contributed by atoms with E-state index >= 15 is 0 Å². The molecule has 0 spiro atoms. The van der Waals surface area contributed by atoms with E-state index in [2.05, 4.69) is 10.6 Å². The maximum absolute atomic E-state index is 12.4. The average Bonchev–Trinajstić information content (AvgIpc) is 3.47. The zero-order valence-electron chi connectivity index (χ0n) is 15.6. The Hall–Kier alpha value is -2.37. The topological polar surface area (TPSA) is 84.2 Å². The molecule has 2 aromatic rings. The highest BCUT2D eigenvalue weighted by molar-refractivity contribution is 5.94. The first-order chi connectivity index (χ1) is 12.4. The summed E-state index contributed by atoms with van der Waals surface area (Å²) in [7, 11) is 0. The summed E-state index contributed by atoms with van der Waals surface area (Å²) in [5.41, 5.74) is 9.72. The molecule has 1 aliphatic rings. The van der Waals surface area contributed by atoms with Gasteiger partial charge in [0, 0.05) is 11.6 Å². The van der Waals surface area contributed by atoms with E-state index in [-0.39, 0.29) is 36.2 Å². The van der Waals surface area contributed by atoms with Gasteiger partial charge in [0.2, 0.25) is 11.8 Å².